The maximum Gasteiger partial charge on any atom is 0.330 e. The summed E-state index contributed by atoms with van der Waals surface area (Å²) in [6.07, 6.45) is 3.48. The van der Waals surface area contributed by atoms with Crippen molar-refractivity contribution in [2.24, 2.45) is 0 Å². The first kappa shape index (κ1) is 28.8. The summed E-state index contributed by atoms with van der Waals surface area (Å²) in [6, 6.07) is 23.9. The molecule has 206 valence electrons. The molecule has 0 aliphatic carbocycles. The molecule has 0 fully saturated rings. The number of carbonyl (C=O) groups is 3. The SMILES string of the molecule is CCOC(=O)/C=C/c1cc2cc(NC(=O)C(Cc3ccccc3)NC(=O)c3ccc(C(C)(C)C)cc3)ccc2s1. The van der Waals surface area contributed by atoms with E-state index in [9.17, 15) is 14.4 Å². The summed E-state index contributed by atoms with van der Waals surface area (Å²) in [5.41, 5.74) is 3.18. The number of rotatable bonds is 9. The first-order valence-electron chi connectivity index (χ1n) is 13.3. The van der Waals surface area contributed by atoms with Gasteiger partial charge in [-0.15, -0.1) is 11.3 Å². The lowest BCUT2D eigenvalue weighted by molar-refractivity contribution is -0.137. The second-order valence-corrected chi connectivity index (χ2v) is 11.6. The molecule has 1 aromatic heterocycles. The zero-order valence-electron chi connectivity index (χ0n) is 23.2. The van der Waals surface area contributed by atoms with E-state index in [0.717, 1.165) is 26.1 Å². The van der Waals surface area contributed by atoms with Crippen molar-refractivity contribution in [3.05, 3.63) is 107 Å². The van der Waals surface area contributed by atoms with Crippen LogP contribution in [-0.2, 0) is 26.2 Å². The average molecular weight is 555 g/mol. The van der Waals surface area contributed by atoms with Crippen LogP contribution in [0.15, 0.2) is 84.9 Å². The molecule has 0 aliphatic heterocycles. The van der Waals surface area contributed by atoms with Gasteiger partial charge in [0.2, 0.25) is 5.91 Å². The molecule has 6 nitrogen and oxygen atoms in total. The van der Waals surface area contributed by atoms with Gasteiger partial charge in [0, 0.05) is 33.3 Å². The number of hydrogen-bond donors (Lipinski definition) is 2. The highest BCUT2D eigenvalue weighted by Crippen LogP contribution is 2.29. The van der Waals surface area contributed by atoms with Crippen molar-refractivity contribution in [1.82, 2.24) is 5.32 Å². The fourth-order valence-electron chi connectivity index (χ4n) is 4.22. The minimum Gasteiger partial charge on any atom is -0.463 e. The van der Waals surface area contributed by atoms with Gasteiger partial charge in [0.15, 0.2) is 0 Å². The summed E-state index contributed by atoms with van der Waals surface area (Å²) >= 11 is 1.54. The molecule has 40 heavy (non-hydrogen) atoms. The second kappa shape index (κ2) is 12.7. The van der Waals surface area contributed by atoms with Crippen LogP contribution in [0, 0.1) is 0 Å². The Balaban J connectivity index is 1.51. The molecular formula is C33H34N2O4S. The molecule has 0 saturated heterocycles. The number of esters is 1. The first-order chi connectivity index (χ1) is 19.1. The molecule has 0 aliphatic rings. The van der Waals surface area contributed by atoms with Crippen molar-refractivity contribution >= 4 is 51.0 Å². The fraction of sp³-hybridized carbons (Fsp3) is 0.242. The maximum absolute atomic E-state index is 13.5. The molecule has 0 bridgehead atoms. The van der Waals surface area contributed by atoms with E-state index in [1.165, 1.54) is 17.4 Å². The third-order valence-electron chi connectivity index (χ3n) is 6.39. The van der Waals surface area contributed by atoms with E-state index in [2.05, 4.69) is 31.4 Å². The first-order valence-corrected chi connectivity index (χ1v) is 14.1. The highest BCUT2D eigenvalue weighted by molar-refractivity contribution is 7.19. The predicted molar refractivity (Wildman–Crippen MR) is 163 cm³/mol. The molecule has 0 radical (unpaired) electrons. The molecule has 0 saturated carbocycles. The Morgan fingerprint density at radius 2 is 1.68 bits per heavy atom. The quantitative estimate of drug-likeness (QED) is 0.177. The summed E-state index contributed by atoms with van der Waals surface area (Å²) in [5, 5.41) is 6.85. The highest BCUT2D eigenvalue weighted by Gasteiger charge is 2.23. The lowest BCUT2D eigenvalue weighted by atomic mass is 9.86. The molecule has 2 N–H and O–H groups in total. The van der Waals surface area contributed by atoms with E-state index in [-0.39, 0.29) is 23.2 Å². The Kier molecular flexibility index (Phi) is 9.17. The predicted octanol–water partition coefficient (Wildman–Crippen LogP) is 6.75. The van der Waals surface area contributed by atoms with Gasteiger partial charge in [-0.2, -0.15) is 0 Å². The number of ether oxygens (including phenoxy) is 1. The molecule has 1 atom stereocenters. The Bertz CT molecular complexity index is 1520. The van der Waals surface area contributed by atoms with E-state index in [1.807, 2.05) is 66.7 Å². The van der Waals surface area contributed by atoms with Gasteiger partial charge in [0.25, 0.3) is 5.91 Å². The van der Waals surface area contributed by atoms with Crippen LogP contribution in [0.4, 0.5) is 5.69 Å². The molecule has 4 rings (SSSR count). The van der Waals surface area contributed by atoms with Crippen molar-refractivity contribution in [2.45, 2.75) is 45.6 Å². The summed E-state index contributed by atoms with van der Waals surface area (Å²) in [4.78, 5) is 39.2. The Morgan fingerprint density at radius 3 is 2.35 bits per heavy atom. The zero-order chi connectivity index (χ0) is 28.7. The van der Waals surface area contributed by atoms with Crippen molar-refractivity contribution in [2.75, 3.05) is 11.9 Å². The summed E-state index contributed by atoms with van der Waals surface area (Å²) in [5.74, 6) is -0.993. The van der Waals surface area contributed by atoms with E-state index in [0.29, 0.717) is 24.3 Å². The van der Waals surface area contributed by atoms with E-state index < -0.39 is 6.04 Å². The van der Waals surface area contributed by atoms with Gasteiger partial charge in [-0.3, -0.25) is 9.59 Å². The standard InChI is InChI=1S/C33H34N2O4S/c1-5-39-30(36)18-16-27-21-24-20-26(15-17-29(24)40-27)34-32(38)28(19-22-9-7-6-8-10-22)35-31(37)23-11-13-25(14-12-23)33(2,3)4/h6-18,20-21,28H,5,19H2,1-4H3,(H,34,38)(H,35,37)/b18-16+. The number of thiophene rings is 1. The Labute approximate surface area is 239 Å². The molecule has 7 heteroatoms. The molecule has 3 aromatic carbocycles. The van der Waals surface area contributed by atoms with E-state index in [1.54, 1.807) is 25.1 Å². The maximum atomic E-state index is 13.5. The van der Waals surface area contributed by atoms with Crippen LogP contribution in [0.1, 0.15) is 54.1 Å². The van der Waals surface area contributed by atoms with Crippen LogP contribution in [0.25, 0.3) is 16.2 Å². The third kappa shape index (κ3) is 7.67. The van der Waals surface area contributed by atoms with Crippen LogP contribution in [0.2, 0.25) is 0 Å². The molecule has 1 unspecified atom stereocenters. The summed E-state index contributed by atoms with van der Waals surface area (Å²) in [6.45, 7) is 8.46. The number of fused-ring (bicyclic) bond motifs is 1. The molecule has 0 spiro atoms. The minimum absolute atomic E-state index is 0.0216. The minimum atomic E-state index is -0.779. The topological polar surface area (TPSA) is 84.5 Å². The number of carbonyl (C=O) groups excluding carboxylic acids is 3. The van der Waals surface area contributed by atoms with Gasteiger partial charge >= 0.3 is 5.97 Å². The van der Waals surface area contributed by atoms with Gasteiger partial charge in [-0.25, -0.2) is 4.79 Å². The van der Waals surface area contributed by atoms with Crippen LogP contribution >= 0.6 is 11.3 Å². The van der Waals surface area contributed by atoms with Crippen molar-refractivity contribution in [1.29, 1.82) is 0 Å². The number of benzene rings is 3. The fourth-order valence-corrected chi connectivity index (χ4v) is 5.16. The lowest BCUT2D eigenvalue weighted by Gasteiger charge is -2.21. The Morgan fingerprint density at radius 1 is 0.950 bits per heavy atom. The largest absolute Gasteiger partial charge is 0.463 e. The smallest absolute Gasteiger partial charge is 0.330 e. The zero-order valence-corrected chi connectivity index (χ0v) is 24.0. The lowest BCUT2D eigenvalue weighted by Crippen LogP contribution is -2.45. The molecule has 1 heterocycles. The van der Waals surface area contributed by atoms with Gasteiger partial charge < -0.3 is 15.4 Å². The van der Waals surface area contributed by atoms with E-state index >= 15 is 0 Å². The van der Waals surface area contributed by atoms with Crippen molar-refractivity contribution in [3.63, 3.8) is 0 Å². The van der Waals surface area contributed by atoms with Gasteiger partial charge in [-0.05, 0) is 71.3 Å². The highest BCUT2D eigenvalue weighted by atomic mass is 32.1. The number of nitrogens with one attached hydrogen (secondary N) is 2. The van der Waals surface area contributed by atoms with Crippen LogP contribution in [0.3, 0.4) is 0 Å². The Hall–Kier alpha value is -4.23. The van der Waals surface area contributed by atoms with Crippen molar-refractivity contribution < 1.29 is 19.1 Å². The van der Waals surface area contributed by atoms with Gasteiger partial charge in [0.05, 0.1) is 6.61 Å². The van der Waals surface area contributed by atoms with Crippen LogP contribution in [-0.4, -0.2) is 30.4 Å². The van der Waals surface area contributed by atoms with E-state index in [4.69, 9.17) is 4.74 Å². The number of hydrogen-bond acceptors (Lipinski definition) is 5. The summed E-state index contributed by atoms with van der Waals surface area (Å²) < 4.78 is 5.96. The van der Waals surface area contributed by atoms with Gasteiger partial charge in [-0.1, -0.05) is 63.2 Å². The van der Waals surface area contributed by atoms with Crippen LogP contribution < -0.4 is 10.6 Å². The molecular weight excluding hydrogens is 520 g/mol. The summed E-state index contributed by atoms with van der Waals surface area (Å²) in [7, 11) is 0. The third-order valence-corrected chi connectivity index (χ3v) is 7.47. The van der Waals surface area contributed by atoms with Crippen molar-refractivity contribution in [3.8, 4) is 0 Å². The monoisotopic (exact) mass is 554 g/mol. The van der Waals surface area contributed by atoms with Gasteiger partial charge in [0.1, 0.15) is 6.04 Å². The molecule has 2 amide bonds. The normalized spacial score (nSPS) is 12.3. The average Bonchev–Trinajstić information content (AvgIpc) is 3.34. The molecule has 4 aromatic rings. The van der Waals surface area contributed by atoms with Crippen LogP contribution in [0.5, 0.6) is 0 Å². The second-order valence-electron chi connectivity index (χ2n) is 10.5. The number of anilines is 1. The number of amides is 2.